The standard InChI is InChI=1S/C22H24BrN5O4/c1-31-19-8-3-14(9-20(19)32-2)11-24-21(29)12-27-22(30)18-10-17(26-28(18)13-25-27)15-4-6-16(23)7-5-15/h3-9,13,17-18,26H,10-12H2,1-2H3,(H,24,29). The van der Waals surface area contributed by atoms with E-state index >= 15 is 0 Å². The topological polar surface area (TPSA) is 95.5 Å². The van der Waals surface area contributed by atoms with Crippen molar-refractivity contribution >= 4 is 34.1 Å². The number of rotatable bonds is 7. The van der Waals surface area contributed by atoms with Crippen LogP contribution >= 0.6 is 15.9 Å². The molecule has 32 heavy (non-hydrogen) atoms. The number of hydrazine groups is 1. The molecule has 0 spiro atoms. The molecule has 0 bridgehead atoms. The number of carbonyl (C=O) groups excluding carboxylic acids is 2. The summed E-state index contributed by atoms with van der Waals surface area (Å²) in [6.45, 7) is 0.156. The molecule has 2 amide bonds. The number of ether oxygens (including phenoxy) is 2. The van der Waals surface area contributed by atoms with Crippen molar-refractivity contribution in [3.8, 4) is 11.5 Å². The van der Waals surface area contributed by atoms with Gasteiger partial charge in [-0.2, -0.15) is 5.10 Å². The lowest BCUT2D eigenvalue weighted by Gasteiger charge is -2.29. The molecule has 1 fully saturated rings. The summed E-state index contributed by atoms with van der Waals surface area (Å²) < 4.78 is 11.5. The first-order chi connectivity index (χ1) is 15.5. The third-order valence-corrected chi connectivity index (χ3v) is 5.99. The Hall–Kier alpha value is -3.11. The molecule has 1 saturated heterocycles. The molecule has 2 heterocycles. The Bertz CT molecular complexity index is 1030. The Morgan fingerprint density at radius 2 is 1.94 bits per heavy atom. The van der Waals surface area contributed by atoms with E-state index in [4.69, 9.17) is 9.47 Å². The molecule has 9 nitrogen and oxygen atoms in total. The molecular weight excluding hydrogens is 478 g/mol. The van der Waals surface area contributed by atoms with E-state index in [1.807, 2.05) is 30.3 Å². The highest BCUT2D eigenvalue weighted by atomic mass is 79.9. The van der Waals surface area contributed by atoms with Crippen LogP contribution in [-0.4, -0.2) is 55.0 Å². The largest absolute Gasteiger partial charge is 0.493 e. The monoisotopic (exact) mass is 501 g/mol. The number of fused-ring (bicyclic) bond motifs is 1. The van der Waals surface area contributed by atoms with Gasteiger partial charge in [-0.05, 0) is 41.8 Å². The van der Waals surface area contributed by atoms with Crippen LogP contribution in [0.2, 0.25) is 0 Å². The van der Waals surface area contributed by atoms with Crippen molar-refractivity contribution in [2.24, 2.45) is 5.10 Å². The zero-order valence-corrected chi connectivity index (χ0v) is 19.3. The highest BCUT2D eigenvalue weighted by Gasteiger charge is 2.41. The fourth-order valence-corrected chi connectivity index (χ4v) is 4.01. The molecule has 2 aromatic carbocycles. The van der Waals surface area contributed by atoms with Gasteiger partial charge in [-0.3, -0.25) is 14.6 Å². The Kier molecular flexibility index (Phi) is 6.61. The Labute approximate surface area is 194 Å². The van der Waals surface area contributed by atoms with Crippen molar-refractivity contribution in [3.05, 3.63) is 58.1 Å². The highest BCUT2D eigenvalue weighted by Crippen LogP contribution is 2.30. The summed E-state index contributed by atoms with van der Waals surface area (Å²) in [4.78, 5) is 25.4. The molecule has 0 radical (unpaired) electrons. The van der Waals surface area contributed by atoms with Crippen molar-refractivity contribution in [1.29, 1.82) is 0 Å². The van der Waals surface area contributed by atoms with Gasteiger partial charge in [-0.25, -0.2) is 10.4 Å². The van der Waals surface area contributed by atoms with Crippen molar-refractivity contribution in [1.82, 2.24) is 20.8 Å². The van der Waals surface area contributed by atoms with Crippen molar-refractivity contribution in [3.63, 3.8) is 0 Å². The van der Waals surface area contributed by atoms with Gasteiger partial charge in [0.25, 0.3) is 5.91 Å². The lowest BCUT2D eigenvalue weighted by Crippen LogP contribution is -2.52. The number of methoxy groups -OCH3 is 2. The van der Waals surface area contributed by atoms with E-state index in [-0.39, 0.29) is 24.4 Å². The molecule has 2 atom stereocenters. The van der Waals surface area contributed by atoms with Gasteiger partial charge < -0.3 is 14.8 Å². The number of hydrogen-bond acceptors (Lipinski definition) is 7. The number of carbonyl (C=O) groups is 2. The quantitative estimate of drug-likeness (QED) is 0.603. The Balaban J connectivity index is 1.33. The van der Waals surface area contributed by atoms with Gasteiger partial charge in [-0.15, -0.1) is 0 Å². The van der Waals surface area contributed by atoms with Crippen LogP contribution in [0.3, 0.4) is 0 Å². The third-order valence-electron chi connectivity index (χ3n) is 5.46. The van der Waals surface area contributed by atoms with Gasteiger partial charge >= 0.3 is 0 Å². The molecule has 168 valence electrons. The highest BCUT2D eigenvalue weighted by molar-refractivity contribution is 9.10. The van der Waals surface area contributed by atoms with Gasteiger partial charge in [0.15, 0.2) is 11.5 Å². The summed E-state index contributed by atoms with van der Waals surface area (Å²) in [7, 11) is 3.13. The van der Waals surface area contributed by atoms with Gasteiger partial charge in [0, 0.05) is 11.0 Å². The Morgan fingerprint density at radius 1 is 1.19 bits per heavy atom. The minimum Gasteiger partial charge on any atom is -0.493 e. The molecule has 0 aromatic heterocycles. The van der Waals surface area contributed by atoms with Crippen LogP contribution in [0.25, 0.3) is 0 Å². The van der Waals surface area contributed by atoms with Crippen LogP contribution in [0.5, 0.6) is 11.5 Å². The number of nitrogens with zero attached hydrogens (tertiary/aromatic N) is 3. The molecule has 0 saturated carbocycles. The lowest BCUT2D eigenvalue weighted by atomic mass is 10.0. The second kappa shape index (κ2) is 9.58. The van der Waals surface area contributed by atoms with Gasteiger partial charge in [0.2, 0.25) is 5.91 Å². The van der Waals surface area contributed by atoms with E-state index in [0.717, 1.165) is 15.6 Å². The average molecular weight is 502 g/mol. The molecule has 2 N–H and O–H groups in total. The van der Waals surface area contributed by atoms with Crippen LogP contribution < -0.4 is 20.2 Å². The van der Waals surface area contributed by atoms with E-state index in [2.05, 4.69) is 31.8 Å². The average Bonchev–Trinajstić information content (AvgIpc) is 3.25. The summed E-state index contributed by atoms with van der Waals surface area (Å²) in [5.74, 6) is 0.700. The molecule has 0 aliphatic carbocycles. The van der Waals surface area contributed by atoms with Crippen LogP contribution in [0.4, 0.5) is 0 Å². The maximum Gasteiger partial charge on any atom is 0.267 e. The van der Waals surface area contributed by atoms with Crippen LogP contribution in [0, 0.1) is 0 Å². The van der Waals surface area contributed by atoms with E-state index in [1.54, 1.807) is 37.7 Å². The maximum absolute atomic E-state index is 12.9. The fraction of sp³-hybridized carbons (Fsp3) is 0.318. The van der Waals surface area contributed by atoms with Crippen LogP contribution in [-0.2, 0) is 16.1 Å². The summed E-state index contributed by atoms with van der Waals surface area (Å²) >= 11 is 3.43. The number of hydrazone groups is 1. The van der Waals surface area contributed by atoms with Gasteiger partial charge in [0.05, 0.1) is 20.3 Å². The molecule has 2 aromatic rings. The maximum atomic E-state index is 12.9. The normalized spacial score (nSPS) is 19.7. The summed E-state index contributed by atoms with van der Waals surface area (Å²) in [5, 5.41) is 9.91. The Morgan fingerprint density at radius 3 is 2.66 bits per heavy atom. The number of halogens is 1. The molecule has 2 aliphatic rings. The number of hydrogen-bond donors (Lipinski definition) is 2. The summed E-state index contributed by atoms with van der Waals surface area (Å²) in [6, 6.07) is 13.0. The van der Waals surface area contributed by atoms with Crippen molar-refractivity contribution in [2.45, 2.75) is 25.0 Å². The van der Waals surface area contributed by atoms with Crippen molar-refractivity contribution < 1.29 is 19.1 Å². The third kappa shape index (κ3) is 4.71. The number of benzene rings is 2. The van der Waals surface area contributed by atoms with E-state index in [0.29, 0.717) is 24.5 Å². The molecule has 2 aliphatic heterocycles. The number of amides is 2. The molecule has 4 rings (SSSR count). The van der Waals surface area contributed by atoms with Gasteiger partial charge in [-0.1, -0.05) is 34.1 Å². The summed E-state index contributed by atoms with van der Waals surface area (Å²) in [6.07, 6.45) is 2.16. The van der Waals surface area contributed by atoms with E-state index < -0.39 is 6.04 Å². The minimum absolute atomic E-state index is 0.00216. The predicted molar refractivity (Wildman–Crippen MR) is 122 cm³/mol. The summed E-state index contributed by atoms with van der Waals surface area (Å²) in [5.41, 5.74) is 5.24. The van der Waals surface area contributed by atoms with E-state index in [9.17, 15) is 9.59 Å². The fourth-order valence-electron chi connectivity index (χ4n) is 3.75. The molecule has 10 heteroatoms. The van der Waals surface area contributed by atoms with Crippen molar-refractivity contribution in [2.75, 3.05) is 20.8 Å². The van der Waals surface area contributed by atoms with Gasteiger partial charge in [0.1, 0.15) is 18.9 Å². The first-order valence-corrected chi connectivity index (χ1v) is 10.9. The zero-order valence-electron chi connectivity index (χ0n) is 17.7. The van der Waals surface area contributed by atoms with E-state index in [1.165, 1.54) is 5.01 Å². The molecule has 2 unspecified atom stereocenters. The SMILES string of the molecule is COc1ccc(CNC(=O)CN2N=CN3NC(c4ccc(Br)cc4)CC3C2=O)cc1OC. The minimum atomic E-state index is -0.403. The predicted octanol–water partition coefficient (Wildman–Crippen LogP) is 2.19. The first-order valence-electron chi connectivity index (χ1n) is 10.1. The van der Waals surface area contributed by atoms with Crippen LogP contribution in [0.1, 0.15) is 23.6 Å². The molecular formula is C22H24BrN5O4. The second-order valence-corrected chi connectivity index (χ2v) is 8.40. The van der Waals surface area contributed by atoms with Crippen LogP contribution in [0.15, 0.2) is 52.0 Å². The first kappa shape index (κ1) is 22.1. The lowest BCUT2D eigenvalue weighted by molar-refractivity contribution is -0.140. The second-order valence-electron chi connectivity index (χ2n) is 7.48. The number of nitrogens with one attached hydrogen (secondary N) is 2. The smallest absolute Gasteiger partial charge is 0.267 e. The zero-order chi connectivity index (χ0) is 22.7.